The molecule has 3 rings (SSSR count). The van der Waals surface area contributed by atoms with Gasteiger partial charge in [0.1, 0.15) is 5.82 Å². The summed E-state index contributed by atoms with van der Waals surface area (Å²) in [7, 11) is 0. The fourth-order valence-corrected chi connectivity index (χ4v) is 2.13. The van der Waals surface area contributed by atoms with Crippen molar-refractivity contribution >= 4 is 17.3 Å². The number of hydrogen-bond acceptors (Lipinski definition) is 3. The highest BCUT2D eigenvalue weighted by atomic mass is 16.2. The first-order valence-electron chi connectivity index (χ1n) is 6.16. The predicted octanol–water partition coefficient (Wildman–Crippen LogP) is 2.05. The minimum absolute atomic E-state index is 0.00663. The van der Waals surface area contributed by atoms with Gasteiger partial charge in [-0.1, -0.05) is 12.1 Å². The monoisotopic (exact) mass is 254 g/mol. The molecular formula is C14H14N4O. The number of imidazole rings is 1. The maximum absolute atomic E-state index is 12.0. The van der Waals surface area contributed by atoms with Crippen LogP contribution < -0.4 is 5.01 Å². The maximum atomic E-state index is 12.0. The molecule has 19 heavy (non-hydrogen) atoms. The van der Waals surface area contributed by atoms with Crippen molar-refractivity contribution in [1.29, 1.82) is 0 Å². The van der Waals surface area contributed by atoms with E-state index in [9.17, 15) is 4.79 Å². The Kier molecular flexibility index (Phi) is 2.87. The van der Waals surface area contributed by atoms with Crippen LogP contribution in [-0.4, -0.2) is 21.6 Å². The van der Waals surface area contributed by atoms with E-state index >= 15 is 0 Å². The molecule has 0 fully saturated rings. The number of nitrogens with one attached hydrogen (secondary N) is 1. The van der Waals surface area contributed by atoms with Gasteiger partial charge in [0.05, 0.1) is 17.8 Å². The molecule has 0 atom stereocenters. The minimum atomic E-state index is 0.00663. The number of carbonyl (C=O) groups excluding carboxylic acids is 1. The van der Waals surface area contributed by atoms with Gasteiger partial charge in [-0.05, 0) is 24.6 Å². The molecule has 0 radical (unpaired) electrons. The van der Waals surface area contributed by atoms with Crippen molar-refractivity contribution in [2.24, 2.45) is 5.10 Å². The van der Waals surface area contributed by atoms with E-state index in [1.165, 1.54) is 5.01 Å². The van der Waals surface area contributed by atoms with Gasteiger partial charge in [0.2, 0.25) is 0 Å². The minimum Gasteiger partial charge on any atom is -0.348 e. The van der Waals surface area contributed by atoms with Crippen molar-refractivity contribution in [3.05, 3.63) is 48.0 Å². The molecule has 1 amide bonds. The number of anilines is 1. The summed E-state index contributed by atoms with van der Waals surface area (Å²) in [6.45, 7) is 2.00. The van der Waals surface area contributed by atoms with E-state index in [4.69, 9.17) is 0 Å². The van der Waals surface area contributed by atoms with E-state index in [2.05, 4.69) is 15.1 Å². The lowest BCUT2D eigenvalue weighted by Gasteiger charge is -2.11. The number of aromatic amines is 1. The second-order valence-corrected chi connectivity index (χ2v) is 4.60. The van der Waals surface area contributed by atoms with Crippen LogP contribution in [0.3, 0.4) is 0 Å². The van der Waals surface area contributed by atoms with Crippen molar-refractivity contribution < 1.29 is 4.79 Å². The zero-order chi connectivity index (χ0) is 13.2. The molecule has 5 heteroatoms. The summed E-state index contributed by atoms with van der Waals surface area (Å²) in [4.78, 5) is 19.2. The molecule has 2 aromatic rings. The van der Waals surface area contributed by atoms with E-state index in [1.807, 2.05) is 31.2 Å². The van der Waals surface area contributed by atoms with Gasteiger partial charge in [-0.25, -0.2) is 9.99 Å². The third-order valence-corrected chi connectivity index (χ3v) is 3.01. The van der Waals surface area contributed by atoms with Crippen molar-refractivity contribution in [2.75, 3.05) is 5.01 Å². The van der Waals surface area contributed by atoms with Gasteiger partial charge in [-0.2, -0.15) is 5.10 Å². The number of carbonyl (C=O) groups is 1. The zero-order valence-corrected chi connectivity index (χ0v) is 10.6. The van der Waals surface area contributed by atoms with Crippen LogP contribution in [0.5, 0.6) is 0 Å². The highest BCUT2D eigenvalue weighted by Gasteiger charge is 2.25. The quantitative estimate of drug-likeness (QED) is 0.911. The summed E-state index contributed by atoms with van der Waals surface area (Å²) in [5.74, 6) is 0.838. The number of aromatic nitrogens is 2. The summed E-state index contributed by atoms with van der Waals surface area (Å²) < 4.78 is 0. The molecule has 5 nitrogen and oxygen atoms in total. The van der Waals surface area contributed by atoms with Crippen molar-refractivity contribution in [1.82, 2.24) is 9.97 Å². The van der Waals surface area contributed by atoms with E-state index in [0.29, 0.717) is 12.8 Å². The molecule has 0 unspecified atom stereocenters. The van der Waals surface area contributed by atoms with E-state index in [1.54, 1.807) is 12.4 Å². The summed E-state index contributed by atoms with van der Waals surface area (Å²) in [6.07, 6.45) is 4.41. The zero-order valence-electron chi connectivity index (χ0n) is 10.6. The van der Waals surface area contributed by atoms with Crippen LogP contribution in [0.15, 0.2) is 41.8 Å². The lowest BCUT2D eigenvalue weighted by Crippen LogP contribution is -2.19. The molecule has 1 aliphatic heterocycles. The molecule has 2 heterocycles. The second-order valence-electron chi connectivity index (χ2n) is 4.60. The number of H-pyrrole nitrogens is 1. The number of nitrogens with zero attached hydrogens (tertiary/aromatic N) is 3. The van der Waals surface area contributed by atoms with Crippen LogP contribution in [0.1, 0.15) is 17.8 Å². The number of aryl methyl sites for hydroxylation is 1. The fraction of sp³-hybridized carbons (Fsp3) is 0.214. The number of benzene rings is 1. The highest BCUT2D eigenvalue weighted by molar-refractivity contribution is 6.13. The van der Waals surface area contributed by atoms with E-state index < -0.39 is 0 Å². The lowest BCUT2D eigenvalue weighted by molar-refractivity contribution is -0.116. The SMILES string of the molecule is Cc1cccc(N2N=C(Cc3ncc[nH]3)CC2=O)c1. The number of amides is 1. The average Bonchev–Trinajstić information content (AvgIpc) is 3.00. The van der Waals surface area contributed by atoms with Gasteiger partial charge < -0.3 is 4.98 Å². The summed E-state index contributed by atoms with van der Waals surface area (Å²) in [6, 6.07) is 7.77. The van der Waals surface area contributed by atoms with Crippen LogP contribution in [0.2, 0.25) is 0 Å². The molecule has 0 spiro atoms. The smallest absolute Gasteiger partial charge is 0.253 e. The third-order valence-electron chi connectivity index (χ3n) is 3.01. The Balaban J connectivity index is 1.83. The number of hydrogen-bond donors (Lipinski definition) is 1. The Morgan fingerprint density at radius 2 is 2.32 bits per heavy atom. The van der Waals surface area contributed by atoms with Crippen molar-refractivity contribution in [3.63, 3.8) is 0 Å². The Labute approximate surface area is 111 Å². The van der Waals surface area contributed by atoms with Gasteiger partial charge in [0.15, 0.2) is 0 Å². The molecule has 0 aliphatic carbocycles. The maximum Gasteiger partial charge on any atom is 0.253 e. The van der Waals surface area contributed by atoms with Gasteiger partial charge in [-0.15, -0.1) is 0 Å². The molecule has 1 N–H and O–H groups in total. The standard InChI is InChI=1S/C14H14N4O/c1-10-3-2-4-12(7-10)18-14(19)9-11(17-18)8-13-15-5-6-16-13/h2-7H,8-9H2,1H3,(H,15,16). The molecule has 0 saturated carbocycles. The summed E-state index contributed by atoms with van der Waals surface area (Å²) >= 11 is 0. The van der Waals surface area contributed by atoms with Gasteiger partial charge in [0, 0.05) is 18.8 Å². The summed E-state index contributed by atoms with van der Waals surface area (Å²) in [5.41, 5.74) is 2.76. The first-order chi connectivity index (χ1) is 9.22. The first-order valence-corrected chi connectivity index (χ1v) is 6.16. The van der Waals surface area contributed by atoms with Crippen LogP contribution >= 0.6 is 0 Å². The molecule has 96 valence electrons. The molecular weight excluding hydrogens is 240 g/mol. The molecule has 0 saturated heterocycles. The number of hydrazone groups is 1. The van der Waals surface area contributed by atoms with Gasteiger partial charge in [-0.3, -0.25) is 4.79 Å². The summed E-state index contributed by atoms with van der Waals surface area (Å²) in [5, 5.41) is 5.87. The first kappa shape index (κ1) is 11.6. The average molecular weight is 254 g/mol. The third kappa shape index (κ3) is 2.40. The van der Waals surface area contributed by atoms with Crippen LogP contribution in [0, 0.1) is 6.92 Å². The Morgan fingerprint density at radius 3 is 3.05 bits per heavy atom. The van der Waals surface area contributed by atoms with E-state index in [-0.39, 0.29) is 5.91 Å². The largest absolute Gasteiger partial charge is 0.348 e. The topological polar surface area (TPSA) is 61.4 Å². The van der Waals surface area contributed by atoms with Crippen molar-refractivity contribution in [2.45, 2.75) is 19.8 Å². The van der Waals surface area contributed by atoms with Crippen LogP contribution in [-0.2, 0) is 11.2 Å². The van der Waals surface area contributed by atoms with E-state index in [0.717, 1.165) is 22.8 Å². The lowest BCUT2D eigenvalue weighted by atomic mass is 10.2. The van der Waals surface area contributed by atoms with Crippen LogP contribution in [0.4, 0.5) is 5.69 Å². The van der Waals surface area contributed by atoms with Gasteiger partial charge in [0.25, 0.3) is 5.91 Å². The van der Waals surface area contributed by atoms with Gasteiger partial charge >= 0.3 is 0 Å². The predicted molar refractivity (Wildman–Crippen MR) is 73.0 cm³/mol. The molecule has 1 aromatic carbocycles. The fourth-order valence-electron chi connectivity index (χ4n) is 2.13. The van der Waals surface area contributed by atoms with Crippen LogP contribution in [0.25, 0.3) is 0 Å². The normalized spacial score (nSPS) is 14.9. The Bertz CT molecular complexity index is 631. The molecule has 1 aromatic heterocycles. The highest BCUT2D eigenvalue weighted by Crippen LogP contribution is 2.22. The number of rotatable bonds is 3. The van der Waals surface area contributed by atoms with Crippen molar-refractivity contribution in [3.8, 4) is 0 Å². The molecule has 1 aliphatic rings. The second kappa shape index (κ2) is 4.68. The molecule has 0 bridgehead atoms. The Morgan fingerprint density at radius 1 is 1.42 bits per heavy atom. The Hall–Kier alpha value is -2.43.